The van der Waals surface area contributed by atoms with Crippen molar-refractivity contribution in [2.24, 2.45) is 0 Å². The van der Waals surface area contributed by atoms with Crippen LogP contribution in [0.3, 0.4) is 0 Å². The second-order valence-electron chi connectivity index (χ2n) is 4.93. The van der Waals surface area contributed by atoms with E-state index in [4.69, 9.17) is 0 Å². The second kappa shape index (κ2) is 6.76. The molecule has 3 nitrogen and oxygen atoms in total. The molecule has 1 heterocycles. The average Bonchev–Trinajstić information content (AvgIpc) is 2.87. The molecule has 0 atom stereocenters. The predicted molar refractivity (Wildman–Crippen MR) is 78.6 cm³/mol. The summed E-state index contributed by atoms with van der Waals surface area (Å²) >= 11 is 1.57. The van der Waals surface area contributed by atoms with E-state index in [1.807, 2.05) is 5.38 Å². The SMILES string of the molecule is CC(C)c1nc(CCNC(=O)c2c(F)cccc2F)cs1. The van der Waals surface area contributed by atoms with Gasteiger partial charge in [-0.05, 0) is 12.1 Å². The fourth-order valence-electron chi connectivity index (χ4n) is 1.81. The third-order valence-corrected chi connectivity index (χ3v) is 4.11. The van der Waals surface area contributed by atoms with Crippen molar-refractivity contribution in [2.45, 2.75) is 26.2 Å². The van der Waals surface area contributed by atoms with Crippen LogP contribution in [-0.2, 0) is 6.42 Å². The molecule has 0 saturated carbocycles. The lowest BCUT2D eigenvalue weighted by Crippen LogP contribution is -2.27. The number of rotatable bonds is 5. The van der Waals surface area contributed by atoms with Crippen LogP contribution < -0.4 is 5.32 Å². The smallest absolute Gasteiger partial charge is 0.257 e. The summed E-state index contributed by atoms with van der Waals surface area (Å²) in [7, 11) is 0. The van der Waals surface area contributed by atoms with Gasteiger partial charge in [0.25, 0.3) is 5.91 Å². The molecule has 0 unspecified atom stereocenters. The maximum absolute atomic E-state index is 13.4. The molecular formula is C15H16F2N2OS. The highest BCUT2D eigenvalue weighted by Gasteiger charge is 2.16. The Hall–Kier alpha value is -1.82. The summed E-state index contributed by atoms with van der Waals surface area (Å²) in [5.41, 5.74) is 0.330. The molecular weight excluding hydrogens is 294 g/mol. The summed E-state index contributed by atoms with van der Waals surface area (Å²) in [6, 6.07) is 3.35. The molecule has 21 heavy (non-hydrogen) atoms. The number of nitrogens with one attached hydrogen (secondary N) is 1. The Balaban J connectivity index is 1.92. The minimum absolute atomic E-state index is 0.286. The minimum atomic E-state index is -0.858. The molecule has 6 heteroatoms. The third kappa shape index (κ3) is 3.85. The highest BCUT2D eigenvalue weighted by Crippen LogP contribution is 2.19. The number of halogens is 2. The zero-order valence-electron chi connectivity index (χ0n) is 11.8. The zero-order valence-corrected chi connectivity index (χ0v) is 12.6. The fourth-order valence-corrected chi connectivity index (χ4v) is 2.68. The first kappa shape index (κ1) is 15.6. The highest BCUT2D eigenvalue weighted by molar-refractivity contribution is 7.09. The van der Waals surface area contributed by atoms with Gasteiger partial charge in [-0.15, -0.1) is 11.3 Å². The van der Waals surface area contributed by atoms with Crippen molar-refractivity contribution < 1.29 is 13.6 Å². The van der Waals surface area contributed by atoms with Crippen molar-refractivity contribution in [2.75, 3.05) is 6.54 Å². The quantitative estimate of drug-likeness (QED) is 0.918. The number of amides is 1. The zero-order chi connectivity index (χ0) is 15.4. The second-order valence-corrected chi connectivity index (χ2v) is 5.82. The van der Waals surface area contributed by atoms with Crippen LogP contribution >= 0.6 is 11.3 Å². The molecule has 2 aromatic rings. The lowest BCUT2D eigenvalue weighted by Gasteiger charge is -2.06. The van der Waals surface area contributed by atoms with Crippen LogP contribution in [-0.4, -0.2) is 17.4 Å². The van der Waals surface area contributed by atoms with Gasteiger partial charge in [0, 0.05) is 24.3 Å². The standard InChI is InChI=1S/C15H16F2N2OS/c1-9(2)15-19-10(8-21-15)6-7-18-14(20)13-11(16)4-3-5-12(13)17/h3-5,8-9H,6-7H2,1-2H3,(H,18,20). The van der Waals surface area contributed by atoms with Gasteiger partial charge in [0.1, 0.15) is 17.2 Å². The summed E-state index contributed by atoms with van der Waals surface area (Å²) in [5, 5.41) is 5.49. The van der Waals surface area contributed by atoms with E-state index in [0.29, 0.717) is 12.3 Å². The largest absolute Gasteiger partial charge is 0.351 e. The lowest BCUT2D eigenvalue weighted by molar-refractivity contribution is 0.0945. The summed E-state index contributed by atoms with van der Waals surface area (Å²) < 4.78 is 26.9. The molecule has 0 saturated heterocycles. The van der Waals surface area contributed by atoms with Crippen molar-refractivity contribution >= 4 is 17.2 Å². The van der Waals surface area contributed by atoms with Gasteiger partial charge in [-0.25, -0.2) is 13.8 Å². The van der Waals surface area contributed by atoms with E-state index in [-0.39, 0.29) is 6.54 Å². The highest BCUT2D eigenvalue weighted by atomic mass is 32.1. The van der Waals surface area contributed by atoms with Crippen molar-refractivity contribution in [1.29, 1.82) is 0 Å². The number of carbonyl (C=O) groups is 1. The number of carbonyl (C=O) groups excluding carboxylic acids is 1. The molecule has 0 bridgehead atoms. The molecule has 1 aromatic carbocycles. The molecule has 0 aliphatic rings. The van der Waals surface area contributed by atoms with Crippen LogP contribution in [0.25, 0.3) is 0 Å². The van der Waals surface area contributed by atoms with Gasteiger partial charge in [0.2, 0.25) is 0 Å². The van der Waals surface area contributed by atoms with Gasteiger partial charge in [-0.1, -0.05) is 19.9 Å². The predicted octanol–water partition coefficient (Wildman–Crippen LogP) is 3.52. The molecule has 0 fully saturated rings. The topological polar surface area (TPSA) is 42.0 Å². The van der Waals surface area contributed by atoms with Gasteiger partial charge >= 0.3 is 0 Å². The minimum Gasteiger partial charge on any atom is -0.351 e. The number of benzene rings is 1. The molecule has 0 aliphatic heterocycles. The Morgan fingerprint density at radius 3 is 2.57 bits per heavy atom. The van der Waals surface area contributed by atoms with Crippen LogP contribution in [0.2, 0.25) is 0 Å². The summed E-state index contributed by atoms with van der Waals surface area (Å²) in [6.07, 6.45) is 0.533. The van der Waals surface area contributed by atoms with E-state index in [2.05, 4.69) is 24.1 Å². The normalized spacial score (nSPS) is 10.9. The first-order valence-electron chi connectivity index (χ1n) is 6.65. The summed E-state index contributed by atoms with van der Waals surface area (Å²) in [4.78, 5) is 16.2. The number of aromatic nitrogens is 1. The molecule has 112 valence electrons. The van der Waals surface area contributed by atoms with E-state index in [0.717, 1.165) is 22.8 Å². The number of hydrogen-bond donors (Lipinski definition) is 1. The summed E-state index contributed by atoms with van der Waals surface area (Å²) in [6.45, 7) is 4.41. The molecule has 0 aliphatic carbocycles. The molecule has 0 radical (unpaired) electrons. The van der Waals surface area contributed by atoms with Crippen LogP contribution in [0, 0.1) is 11.6 Å². The van der Waals surface area contributed by atoms with E-state index in [1.54, 1.807) is 11.3 Å². The maximum Gasteiger partial charge on any atom is 0.257 e. The Morgan fingerprint density at radius 2 is 2.00 bits per heavy atom. The first-order valence-corrected chi connectivity index (χ1v) is 7.53. The number of nitrogens with zero attached hydrogens (tertiary/aromatic N) is 1. The van der Waals surface area contributed by atoms with E-state index < -0.39 is 23.1 Å². The van der Waals surface area contributed by atoms with E-state index >= 15 is 0 Å². The van der Waals surface area contributed by atoms with Crippen LogP contribution in [0.1, 0.15) is 40.8 Å². The van der Waals surface area contributed by atoms with E-state index in [9.17, 15) is 13.6 Å². The van der Waals surface area contributed by atoms with E-state index in [1.165, 1.54) is 6.07 Å². The van der Waals surface area contributed by atoms with Crippen molar-refractivity contribution in [3.8, 4) is 0 Å². The average molecular weight is 310 g/mol. The van der Waals surface area contributed by atoms with Gasteiger partial charge in [-0.3, -0.25) is 4.79 Å². The Labute approximate surface area is 126 Å². The molecule has 1 aromatic heterocycles. The Kier molecular flexibility index (Phi) is 5.01. The van der Waals surface area contributed by atoms with Gasteiger partial charge < -0.3 is 5.32 Å². The van der Waals surface area contributed by atoms with Gasteiger partial charge in [0.15, 0.2) is 0 Å². The maximum atomic E-state index is 13.4. The Morgan fingerprint density at radius 1 is 1.33 bits per heavy atom. The number of thiazole rings is 1. The fraction of sp³-hybridized carbons (Fsp3) is 0.333. The first-order chi connectivity index (χ1) is 9.99. The monoisotopic (exact) mass is 310 g/mol. The van der Waals surface area contributed by atoms with Crippen molar-refractivity contribution in [3.63, 3.8) is 0 Å². The summed E-state index contributed by atoms with van der Waals surface area (Å²) in [5.74, 6) is -2.10. The van der Waals surface area contributed by atoms with Crippen molar-refractivity contribution in [1.82, 2.24) is 10.3 Å². The number of hydrogen-bond acceptors (Lipinski definition) is 3. The molecule has 1 amide bonds. The molecule has 0 spiro atoms. The van der Waals surface area contributed by atoms with Crippen LogP contribution in [0.5, 0.6) is 0 Å². The van der Waals surface area contributed by atoms with Crippen LogP contribution in [0.4, 0.5) is 8.78 Å². The van der Waals surface area contributed by atoms with Gasteiger partial charge in [0.05, 0.1) is 10.7 Å². The Bertz CT molecular complexity index is 620. The third-order valence-electron chi connectivity index (χ3n) is 2.92. The molecule has 1 N–H and O–H groups in total. The van der Waals surface area contributed by atoms with Crippen LogP contribution in [0.15, 0.2) is 23.6 Å². The van der Waals surface area contributed by atoms with Gasteiger partial charge in [-0.2, -0.15) is 0 Å². The lowest BCUT2D eigenvalue weighted by atomic mass is 10.2. The molecule has 2 rings (SSSR count). The van der Waals surface area contributed by atoms with Crippen molar-refractivity contribution in [3.05, 3.63) is 51.5 Å².